The number of aldehydes is 1. The minimum atomic E-state index is -2.54. The van der Waals surface area contributed by atoms with Crippen molar-refractivity contribution < 1.29 is 9.22 Å². The van der Waals surface area contributed by atoms with Crippen molar-refractivity contribution in [2.45, 2.75) is 51.5 Å². The molecule has 0 amide bonds. The fraction of sp³-hybridized carbons (Fsp3) is 0.435. The molecular formula is C23H30O2Si. The summed E-state index contributed by atoms with van der Waals surface area (Å²) in [5.74, 6) is 0. The minimum Gasteiger partial charge on any atom is -0.406 e. The Morgan fingerprint density at radius 2 is 1.38 bits per heavy atom. The largest absolute Gasteiger partial charge is 0.406 e. The van der Waals surface area contributed by atoms with E-state index < -0.39 is 8.32 Å². The van der Waals surface area contributed by atoms with Gasteiger partial charge in [-0.15, -0.1) is 0 Å². The van der Waals surface area contributed by atoms with Crippen LogP contribution in [-0.2, 0) is 9.22 Å². The Hall–Kier alpha value is -1.71. The third kappa shape index (κ3) is 3.43. The van der Waals surface area contributed by atoms with Crippen molar-refractivity contribution >= 4 is 25.0 Å². The molecule has 3 heteroatoms. The predicted octanol–water partition coefficient (Wildman–Crippen LogP) is 4.32. The van der Waals surface area contributed by atoms with Crippen molar-refractivity contribution in [3.63, 3.8) is 0 Å². The fourth-order valence-electron chi connectivity index (χ4n) is 4.39. The highest BCUT2D eigenvalue weighted by molar-refractivity contribution is 6.99. The first-order valence-corrected chi connectivity index (χ1v) is 11.6. The lowest BCUT2D eigenvalue weighted by molar-refractivity contribution is -0.117. The van der Waals surface area contributed by atoms with Gasteiger partial charge in [-0.3, -0.25) is 0 Å². The van der Waals surface area contributed by atoms with Gasteiger partial charge in [0.15, 0.2) is 0 Å². The van der Waals surface area contributed by atoms with Gasteiger partial charge in [0, 0.05) is 12.0 Å². The molecule has 1 aliphatic carbocycles. The van der Waals surface area contributed by atoms with E-state index in [4.69, 9.17) is 4.43 Å². The molecule has 26 heavy (non-hydrogen) atoms. The number of rotatable bonds is 6. The summed E-state index contributed by atoms with van der Waals surface area (Å²) in [4.78, 5) is 11.9. The van der Waals surface area contributed by atoms with Crippen LogP contribution in [0.2, 0.25) is 5.04 Å². The molecule has 0 saturated heterocycles. The third-order valence-electron chi connectivity index (χ3n) is 5.84. The summed E-state index contributed by atoms with van der Waals surface area (Å²) < 4.78 is 6.95. The van der Waals surface area contributed by atoms with Crippen LogP contribution >= 0.6 is 0 Å². The second-order valence-electron chi connectivity index (χ2n) is 8.64. The van der Waals surface area contributed by atoms with E-state index in [0.29, 0.717) is 6.61 Å². The van der Waals surface area contributed by atoms with E-state index in [1.807, 2.05) is 0 Å². The van der Waals surface area contributed by atoms with E-state index in [-0.39, 0.29) is 10.5 Å². The maximum atomic E-state index is 11.9. The summed E-state index contributed by atoms with van der Waals surface area (Å²) in [7, 11) is -2.54. The molecule has 1 saturated carbocycles. The van der Waals surface area contributed by atoms with Gasteiger partial charge in [-0.05, 0) is 28.3 Å². The van der Waals surface area contributed by atoms with Crippen molar-refractivity contribution in [2.24, 2.45) is 5.41 Å². The van der Waals surface area contributed by atoms with Gasteiger partial charge in [0.25, 0.3) is 8.32 Å². The van der Waals surface area contributed by atoms with E-state index in [1.165, 1.54) is 10.4 Å². The second kappa shape index (κ2) is 7.49. The summed E-state index contributed by atoms with van der Waals surface area (Å²) in [6.07, 6.45) is 5.33. The fourth-order valence-corrected chi connectivity index (χ4v) is 9.05. The van der Waals surface area contributed by atoms with Gasteiger partial charge in [-0.25, -0.2) is 0 Å². The summed E-state index contributed by atoms with van der Waals surface area (Å²) in [6, 6.07) is 21.3. The van der Waals surface area contributed by atoms with Crippen LogP contribution in [-0.4, -0.2) is 21.2 Å². The Labute approximate surface area is 158 Å². The van der Waals surface area contributed by atoms with Crippen LogP contribution in [0.4, 0.5) is 0 Å². The van der Waals surface area contributed by atoms with Crippen LogP contribution in [0.15, 0.2) is 60.7 Å². The average Bonchev–Trinajstić information content (AvgIpc) is 3.12. The average molecular weight is 367 g/mol. The highest BCUT2D eigenvalue weighted by Crippen LogP contribution is 2.41. The van der Waals surface area contributed by atoms with Crippen molar-refractivity contribution in [1.82, 2.24) is 0 Å². The van der Waals surface area contributed by atoms with E-state index >= 15 is 0 Å². The first-order valence-electron chi connectivity index (χ1n) is 9.65. The van der Waals surface area contributed by atoms with Gasteiger partial charge in [0.05, 0.1) is 0 Å². The minimum absolute atomic E-state index is 0.0433. The lowest BCUT2D eigenvalue weighted by atomic mass is 9.90. The van der Waals surface area contributed by atoms with Gasteiger partial charge in [-0.2, -0.15) is 0 Å². The third-order valence-corrected chi connectivity index (χ3v) is 10.8. The van der Waals surface area contributed by atoms with Crippen molar-refractivity contribution in [3.8, 4) is 0 Å². The Bertz CT molecular complexity index is 673. The maximum absolute atomic E-state index is 11.9. The number of carbonyl (C=O) groups excluding carboxylic acids is 1. The normalized spacial score (nSPS) is 17.2. The molecule has 0 N–H and O–H groups in total. The highest BCUT2D eigenvalue weighted by atomic mass is 28.4. The summed E-state index contributed by atoms with van der Waals surface area (Å²) >= 11 is 0. The molecule has 0 aromatic heterocycles. The summed E-state index contributed by atoms with van der Waals surface area (Å²) in [5.41, 5.74) is -0.299. The molecule has 0 aliphatic heterocycles. The molecule has 0 heterocycles. The van der Waals surface area contributed by atoms with Gasteiger partial charge in [0.2, 0.25) is 0 Å². The molecule has 0 spiro atoms. The number of carbonyl (C=O) groups is 1. The topological polar surface area (TPSA) is 26.3 Å². The molecule has 3 rings (SSSR count). The Balaban J connectivity index is 2.10. The zero-order valence-corrected chi connectivity index (χ0v) is 17.2. The van der Waals surface area contributed by atoms with Gasteiger partial charge in [-0.1, -0.05) is 94.3 Å². The van der Waals surface area contributed by atoms with Gasteiger partial charge < -0.3 is 9.22 Å². The number of benzene rings is 2. The number of hydrogen-bond donors (Lipinski definition) is 0. The van der Waals surface area contributed by atoms with E-state index in [9.17, 15) is 4.79 Å². The molecular weight excluding hydrogens is 336 g/mol. The molecule has 0 bridgehead atoms. The first-order chi connectivity index (χ1) is 12.4. The molecule has 0 radical (unpaired) electrons. The molecule has 138 valence electrons. The van der Waals surface area contributed by atoms with Gasteiger partial charge in [0.1, 0.15) is 6.29 Å². The second-order valence-corrected chi connectivity index (χ2v) is 12.9. The molecule has 0 unspecified atom stereocenters. The highest BCUT2D eigenvalue weighted by Gasteiger charge is 2.51. The van der Waals surface area contributed by atoms with Crippen molar-refractivity contribution in [3.05, 3.63) is 60.7 Å². The van der Waals surface area contributed by atoms with E-state index in [0.717, 1.165) is 32.0 Å². The Morgan fingerprint density at radius 1 is 0.923 bits per heavy atom. The molecule has 0 atom stereocenters. The lowest BCUT2D eigenvalue weighted by Crippen LogP contribution is -2.67. The lowest BCUT2D eigenvalue weighted by Gasteiger charge is -2.44. The number of hydrogen-bond acceptors (Lipinski definition) is 2. The first kappa shape index (κ1) is 19.1. The standard InChI is InChI=1S/C23H30O2Si/c1-22(2,3)26(20-12-6-4-7-13-20,21-14-8-5-9-15-21)25-19-23(18-24)16-10-11-17-23/h4-9,12-15,18H,10-11,16-17,19H2,1-3H3. The quantitative estimate of drug-likeness (QED) is 0.562. The molecule has 1 aliphatic rings. The summed E-state index contributed by atoms with van der Waals surface area (Å²) in [5, 5.41) is 2.51. The van der Waals surface area contributed by atoms with Gasteiger partial charge >= 0.3 is 0 Å². The molecule has 2 aromatic rings. The Kier molecular flexibility index (Phi) is 5.49. The van der Waals surface area contributed by atoms with Crippen molar-refractivity contribution in [1.29, 1.82) is 0 Å². The van der Waals surface area contributed by atoms with Crippen LogP contribution in [0.1, 0.15) is 46.5 Å². The molecule has 2 aromatic carbocycles. The zero-order valence-electron chi connectivity index (χ0n) is 16.2. The van der Waals surface area contributed by atoms with Crippen LogP contribution < -0.4 is 10.4 Å². The van der Waals surface area contributed by atoms with Crippen LogP contribution in [0.3, 0.4) is 0 Å². The smallest absolute Gasteiger partial charge is 0.261 e. The SMILES string of the molecule is CC(C)(C)[Si](OCC1(C=O)CCCC1)(c1ccccc1)c1ccccc1. The van der Waals surface area contributed by atoms with E-state index in [1.54, 1.807) is 0 Å². The molecule has 1 fully saturated rings. The molecule has 2 nitrogen and oxygen atoms in total. The van der Waals surface area contributed by atoms with E-state index in [2.05, 4.69) is 81.4 Å². The monoisotopic (exact) mass is 366 g/mol. The van der Waals surface area contributed by atoms with Crippen molar-refractivity contribution in [2.75, 3.05) is 6.61 Å². The Morgan fingerprint density at radius 3 is 1.77 bits per heavy atom. The summed E-state index contributed by atoms with van der Waals surface area (Å²) in [6.45, 7) is 7.37. The van der Waals surface area contributed by atoms with Crippen LogP contribution in [0, 0.1) is 5.41 Å². The van der Waals surface area contributed by atoms with Crippen LogP contribution in [0.5, 0.6) is 0 Å². The van der Waals surface area contributed by atoms with Crippen LogP contribution in [0.25, 0.3) is 0 Å². The zero-order chi connectivity index (χ0) is 18.7. The maximum Gasteiger partial charge on any atom is 0.261 e. The predicted molar refractivity (Wildman–Crippen MR) is 111 cm³/mol.